The highest BCUT2D eigenvalue weighted by Crippen LogP contribution is 2.23. The minimum Gasteiger partial charge on any atom is -0.383 e. The Balaban J connectivity index is 2.14. The van der Waals surface area contributed by atoms with Crippen LogP contribution in [0.5, 0.6) is 0 Å². The van der Waals surface area contributed by atoms with Crippen LogP contribution in [0.25, 0.3) is 0 Å². The fourth-order valence-electron chi connectivity index (χ4n) is 1.75. The molecule has 0 aliphatic heterocycles. The third kappa shape index (κ3) is 2.73. The number of nitrogens with zero attached hydrogens (tertiary/aromatic N) is 2. The minimum atomic E-state index is 0.156. The molecule has 1 unspecified atom stereocenters. The second-order valence-corrected chi connectivity index (χ2v) is 4.85. The third-order valence-corrected chi connectivity index (χ3v) is 3.19. The maximum Gasteiger partial charge on any atom is 0.140 e. The monoisotopic (exact) mass is 269 g/mol. The van der Waals surface area contributed by atoms with Crippen molar-refractivity contribution in [3.8, 4) is 0 Å². The number of hydrogen-bond donors (Lipinski definition) is 1. The lowest BCUT2D eigenvalue weighted by molar-refractivity contribution is 0.496. The van der Waals surface area contributed by atoms with Gasteiger partial charge in [0.2, 0.25) is 0 Å². The van der Waals surface area contributed by atoms with E-state index >= 15 is 0 Å². The van der Waals surface area contributed by atoms with Crippen LogP contribution in [0.4, 0.5) is 5.82 Å². The van der Waals surface area contributed by atoms with Gasteiger partial charge in [-0.25, -0.2) is 4.68 Å². The van der Waals surface area contributed by atoms with Crippen LogP contribution in [0.15, 0.2) is 30.5 Å². The minimum absolute atomic E-state index is 0.156. The first-order chi connectivity index (χ1) is 8.08. The van der Waals surface area contributed by atoms with Crippen LogP contribution < -0.4 is 5.73 Å². The Morgan fingerprint density at radius 2 is 1.94 bits per heavy atom. The van der Waals surface area contributed by atoms with Crippen LogP contribution in [-0.4, -0.2) is 9.78 Å². The Kier molecular flexibility index (Phi) is 3.60. The Morgan fingerprint density at radius 3 is 2.47 bits per heavy atom. The van der Waals surface area contributed by atoms with E-state index in [-0.39, 0.29) is 6.04 Å². The molecule has 1 aromatic heterocycles. The fourth-order valence-corrected chi connectivity index (χ4v) is 2.01. The van der Waals surface area contributed by atoms with Crippen LogP contribution in [0.3, 0.4) is 0 Å². The number of nitrogen functional groups attached to an aromatic ring is 1. The Hall–Kier alpha value is -1.19. The van der Waals surface area contributed by atoms with Gasteiger partial charge in [0, 0.05) is 5.02 Å². The number of aromatic nitrogens is 2. The SMILES string of the molecule is CC(Cc1ccc(Cl)cc1)n1ncc(Cl)c1N. The van der Waals surface area contributed by atoms with Crippen LogP contribution in [0, 0.1) is 0 Å². The van der Waals surface area contributed by atoms with Crippen molar-refractivity contribution >= 4 is 29.0 Å². The van der Waals surface area contributed by atoms with Gasteiger partial charge in [0.1, 0.15) is 10.8 Å². The molecule has 1 heterocycles. The quantitative estimate of drug-likeness (QED) is 0.926. The molecular weight excluding hydrogens is 257 g/mol. The van der Waals surface area contributed by atoms with Gasteiger partial charge in [-0.15, -0.1) is 0 Å². The molecule has 0 bridgehead atoms. The topological polar surface area (TPSA) is 43.8 Å². The summed E-state index contributed by atoms with van der Waals surface area (Å²) in [5.41, 5.74) is 7.02. The van der Waals surface area contributed by atoms with E-state index in [1.54, 1.807) is 10.9 Å². The number of halogens is 2. The van der Waals surface area contributed by atoms with Crippen LogP contribution >= 0.6 is 23.2 Å². The number of anilines is 1. The average Bonchev–Trinajstić information content (AvgIpc) is 2.63. The molecule has 5 heteroatoms. The number of benzene rings is 1. The molecule has 0 amide bonds. The highest BCUT2D eigenvalue weighted by atomic mass is 35.5. The molecule has 1 atom stereocenters. The zero-order valence-electron chi connectivity index (χ0n) is 9.40. The van der Waals surface area contributed by atoms with Crippen molar-refractivity contribution < 1.29 is 0 Å². The molecule has 2 rings (SSSR count). The van der Waals surface area contributed by atoms with Gasteiger partial charge in [0.05, 0.1) is 12.2 Å². The highest BCUT2D eigenvalue weighted by molar-refractivity contribution is 6.32. The Labute approximate surface area is 110 Å². The summed E-state index contributed by atoms with van der Waals surface area (Å²) in [5.74, 6) is 0.508. The van der Waals surface area contributed by atoms with Gasteiger partial charge in [-0.1, -0.05) is 35.3 Å². The largest absolute Gasteiger partial charge is 0.383 e. The van der Waals surface area contributed by atoms with Gasteiger partial charge in [0.15, 0.2) is 0 Å². The standard InChI is InChI=1S/C12H13Cl2N3/c1-8(17-12(15)11(14)7-16-17)6-9-2-4-10(13)5-3-9/h2-5,7-8H,6,15H2,1H3. The third-order valence-electron chi connectivity index (χ3n) is 2.65. The smallest absolute Gasteiger partial charge is 0.140 e. The van der Waals surface area contributed by atoms with Gasteiger partial charge in [-0.05, 0) is 31.0 Å². The van der Waals surface area contributed by atoms with Crippen molar-refractivity contribution in [2.75, 3.05) is 5.73 Å². The van der Waals surface area contributed by atoms with Crippen LogP contribution in [0.2, 0.25) is 10.0 Å². The molecule has 2 aromatic rings. The molecule has 1 aromatic carbocycles. The number of rotatable bonds is 3. The second kappa shape index (κ2) is 4.98. The first-order valence-electron chi connectivity index (χ1n) is 5.31. The van der Waals surface area contributed by atoms with Gasteiger partial charge >= 0.3 is 0 Å². The summed E-state index contributed by atoms with van der Waals surface area (Å²) in [7, 11) is 0. The maximum absolute atomic E-state index is 5.87. The van der Waals surface area contributed by atoms with Gasteiger partial charge in [0.25, 0.3) is 0 Å². The lowest BCUT2D eigenvalue weighted by atomic mass is 10.1. The van der Waals surface area contributed by atoms with Gasteiger partial charge in [-0.3, -0.25) is 0 Å². The van der Waals surface area contributed by atoms with E-state index < -0.39 is 0 Å². The zero-order valence-corrected chi connectivity index (χ0v) is 10.9. The van der Waals surface area contributed by atoms with E-state index in [2.05, 4.69) is 5.10 Å². The number of nitrogens with two attached hydrogens (primary N) is 1. The van der Waals surface area contributed by atoms with Gasteiger partial charge < -0.3 is 5.73 Å². The summed E-state index contributed by atoms with van der Waals surface area (Å²) < 4.78 is 1.73. The predicted octanol–water partition coefficient (Wildman–Crippen LogP) is 3.58. The van der Waals surface area contributed by atoms with E-state index in [1.165, 1.54) is 5.56 Å². The Morgan fingerprint density at radius 1 is 1.29 bits per heavy atom. The molecule has 0 aliphatic rings. The molecule has 0 saturated heterocycles. The molecule has 0 aliphatic carbocycles. The molecule has 0 spiro atoms. The summed E-state index contributed by atoms with van der Waals surface area (Å²) in [4.78, 5) is 0. The lowest BCUT2D eigenvalue weighted by Crippen LogP contribution is -2.12. The molecular formula is C12H13Cl2N3. The molecule has 0 saturated carbocycles. The van der Waals surface area contributed by atoms with Crippen molar-refractivity contribution in [2.45, 2.75) is 19.4 Å². The normalized spacial score (nSPS) is 12.6. The predicted molar refractivity (Wildman–Crippen MR) is 71.5 cm³/mol. The van der Waals surface area contributed by atoms with Crippen LogP contribution in [0.1, 0.15) is 18.5 Å². The first kappa shape index (κ1) is 12.3. The molecule has 3 nitrogen and oxygen atoms in total. The highest BCUT2D eigenvalue weighted by Gasteiger charge is 2.12. The van der Waals surface area contributed by atoms with Crippen molar-refractivity contribution in [2.24, 2.45) is 0 Å². The first-order valence-corrected chi connectivity index (χ1v) is 6.06. The zero-order chi connectivity index (χ0) is 12.4. The van der Waals surface area contributed by atoms with E-state index in [4.69, 9.17) is 28.9 Å². The van der Waals surface area contributed by atoms with E-state index in [0.717, 1.165) is 11.4 Å². The van der Waals surface area contributed by atoms with Crippen molar-refractivity contribution in [1.29, 1.82) is 0 Å². The average molecular weight is 270 g/mol. The van der Waals surface area contributed by atoms with E-state index in [0.29, 0.717) is 10.8 Å². The summed E-state index contributed by atoms with van der Waals surface area (Å²) in [6.45, 7) is 2.05. The molecule has 0 radical (unpaired) electrons. The van der Waals surface area contributed by atoms with E-state index in [1.807, 2.05) is 31.2 Å². The van der Waals surface area contributed by atoms with E-state index in [9.17, 15) is 0 Å². The van der Waals surface area contributed by atoms with Crippen LogP contribution in [-0.2, 0) is 6.42 Å². The van der Waals surface area contributed by atoms with Crippen molar-refractivity contribution in [1.82, 2.24) is 9.78 Å². The van der Waals surface area contributed by atoms with Crippen molar-refractivity contribution in [3.05, 3.63) is 46.1 Å². The summed E-state index contributed by atoms with van der Waals surface area (Å²) >= 11 is 11.7. The number of hydrogen-bond acceptors (Lipinski definition) is 2. The Bertz CT molecular complexity index is 505. The molecule has 90 valence electrons. The van der Waals surface area contributed by atoms with Crippen molar-refractivity contribution in [3.63, 3.8) is 0 Å². The summed E-state index contributed by atoms with van der Waals surface area (Å²) in [5, 5.41) is 5.40. The molecule has 17 heavy (non-hydrogen) atoms. The molecule has 2 N–H and O–H groups in total. The fraction of sp³-hybridized carbons (Fsp3) is 0.250. The summed E-state index contributed by atoms with van der Waals surface area (Å²) in [6, 6.07) is 7.91. The lowest BCUT2D eigenvalue weighted by Gasteiger charge is -2.14. The summed E-state index contributed by atoms with van der Waals surface area (Å²) in [6.07, 6.45) is 2.40. The van der Waals surface area contributed by atoms with Gasteiger partial charge in [-0.2, -0.15) is 5.10 Å². The molecule has 0 fully saturated rings. The maximum atomic E-state index is 5.87. The second-order valence-electron chi connectivity index (χ2n) is 4.00.